The van der Waals surface area contributed by atoms with Gasteiger partial charge in [-0.1, -0.05) is 24.3 Å². The summed E-state index contributed by atoms with van der Waals surface area (Å²) in [5.41, 5.74) is 4.99. The van der Waals surface area contributed by atoms with E-state index in [1.807, 2.05) is 47.8 Å². The highest BCUT2D eigenvalue weighted by Crippen LogP contribution is 2.31. The third-order valence-corrected chi connectivity index (χ3v) is 5.73. The number of nitrogens with one attached hydrogen (secondary N) is 2. The van der Waals surface area contributed by atoms with Gasteiger partial charge in [-0.25, -0.2) is 4.98 Å². The smallest absolute Gasteiger partial charge is 0.276 e. The van der Waals surface area contributed by atoms with Gasteiger partial charge in [0.1, 0.15) is 5.69 Å². The van der Waals surface area contributed by atoms with Gasteiger partial charge in [-0.2, -0.15) is 5.10 Å². The molecule has 8 heteroatoms. The zero-order chi connectivity index (χ0) is 20.0. The molecule has 0 spiro atoms. The second-order valence-corrected chi connectivity index (χ2v) is 7.76. The standard InChI is InChI=1S/C21H17N5O2S/c1-26-19(14-4-2-3-5-16(14)25-26)20(28)24-21-23-17(11-29-21)13-6-8-15-12(10-13)7-9-18(27)22-15/h2-6,8,10-11H,7,9H2,1H3,(H,22,27)(H,23,24,28). The predicted molar refractivity (Wildman–Crippen MR) is 113 cm³/mol. The summed E-state index contributed by atoms with van der Waals surface area (Å²) in [5, 5.41) is 13.4. The number of hydrogen-bond donors (Lipinski definition) is 2. The Kier molecular flexibility index (Phi) is 4.13. The molecule has 29 heavy (non-hydrogen) atoms. The van der Waals surface area contributed by atoms with Crippen molar-refractivity contribution in [2.75, 3.05) is 10.6 Å². The van der Waals surface area contributed by atoms with Crippen molar-refractivity contribution in [3.8, 4) is 11.3 Å². The van der Waals surface area contributed by atoms with E-state index >= 15 is 0 Å². The van der Waals surface area contributed by atoms with Crippen LogP contribution in [0.25, 0.3) is 22.2 Å². The zero-order valence-corrected chi connectivity index (χ0v) is 16.4. The lowest BCUT2D eigenvalue weighted by Gasteiger charge is -2.17. The van der Waals surface area contributed by atoms with Crippen LogP contribution in [-0.4, -0.2) is 26.6 Å². The van der Waals surface area contributed by atoms with Crippen LogP contribution in [0, 0.1) is 0 Å². The Bertz CT molecular complexity index is 1270. The normalized spacial score (nSPS) is 13.2. The number of benzene rings is 2. The van der Waals surface area contributed by atoms with Crippen LogP contribution < -0.4 is 10.6 Å². The van der Waals surface area contributed by atoms with Crippen molar-refractivity contribution >= 4 is 44.9 Å². The molecule has 0 fully saturated rings. The second-order valence-electron chi connectivity index (χ2n) is 6.90. The summed E-state index contributed by atoms with van der Waals surface area (Å²) in [7, 11) is 1.76. The van der Waals surface area contributed by atoms with Crippen molar-refractivity contribution in [3.63, 3.8) is 0 Å². The maximum Gasteiger partial charge on any atom is 0.276 e. The Labute approximate surface area is 170 Å². The van der Waals surface area contributed by atoms with Crippen LogP contribution in [0.3, 0.4) is 0 Å². The number of aryl methyl sites for hydroxylation is 2. The van der Waals surface area contributed by atoms with Gasteiger partial charge < -0.3 is 5.32 Å². The molecule has 1 aliphatic heterocycles. The number of nitrogens with zero attached hydrogens (tertiary/aromatic N) is 3. The highest BCUT2D eigenvalue weighted by Gasteiger charge is 2.19. The molecule has 144 valence electrons. The van der Waals surface area contributed by atoms with E-state index in [2.05, 4.69) is 20.7 Å². The summed E-state index contributed by atoms with van der Waals surface area (Å²) < 4.78 is 1.59. The van der Waals surface area contributed by atoms with E-state index in [4.69, 9.17) is 0 Å². The van der Waals surface area contributed by atoms with Gasteiger partial charge in [0, 0.05) is 35.5 Å². The fourth-order valence-electron chi connectivity index (χ4n) is 3.58. The topological polar surface area (TPSA) is 88.9 Å². The Hall–Kier alpha value is -3.52. The van der Waals surface area contributed by atoms with Gasteiger partial charge in [-0.05, 0) is 30.2 Å². The number of anilines is 2. The summed E-state index contributed by atoms with van der Waals surface area (Å²) >= 11 is 1.38. The molecule has 2 N–H and O–H groups in total. The van der Waals surface area contributed by atoms with E-state index in [9.17, 15) is 9.59 Å². The first-order valence-corrected chi connectivity index (χ1v) is 10.1. The molecule has 0 saturated heterocycles. The largest absolute Gasteiger partial charge is 0.326 e. The number of carbonyl (C=O) groups is 2. The number of carbonyl (C=O) groups excluding carboxylic acids is 2. The molecule has 0 bridgehead atoms. The fourth-order valence-corrected chi connectivity index (χ4v) is 4.29. The highest BCUT2D eigenvalue weighted by molar-refractivity contribution is 7.14. The molecule has 0 atom stereocenters. The highest BCUT2D eigenvalue weighted by atomic mass is 32.1. The summed E-state index contributed by atoms with van der Waals surface area (Å²) in [6.45, 7) is 0. The Morgan fingerprint density at radius 1 is 1.21 bits per heavy atom. The lowest BCUT2D eigenvalue weighted by molar-refractivity contribution is -0.116. The number of thiazole rings is 1. The molecule has 0 unspecified atom stereocenters. The van der Waals surface area contributed by atoms with Crippen molar-refractivity contribution in [2.24, 2.45) is 7.05 Å². The van der Waals surface area contributed by atoms with Crippen molar-refractivity contribution in [2.45, 2.75) is 12.8 Å². The monoisotopic (exact) mass is 403 g/mol. The summed E-state index contributed by atoms with van der Waals surface area (Å²) in [6, 6.07) is 13.4. The number of amides is 2. The van der Waals surface area contributed by atoms with Crippen LogP contribution in [0.15, 0.2) is 47.8 Å². The summed E-state index contributed by atoms with van der Waals surface area (Å²) in [5.74, 6) is -0.193. The van der Waals surface area contributed by atoms with Crippen molar-refractivity contribution in [3.05, 3.63) is 59.1 Å². The Morgan fingerprint density at radius 3 is 2.97 bits per heavy atom. The van der Waals surface area contributed by atoms with E-state index in [1.165, 1.54) is 11.3 Å². The van der Waals surface area contributed by atoms with Crippen molar-refractivity contribution in [1.82, 2.24) is 14.8 Å². The number of aromatic nitrogens is 3. The molecule has 0 radical (unpaired) electrons. The minimum Gasteiger partial charge on any atom is -0.326 e. The minimum atomic E-state index is -0.241. The van der Waals surface area contributed by atoms with Gasteiger partial charge in [0.25, 0.3) is 5.91 Å². The van der Waals surface area contributed by atoms with Gasteiger partial charge in [0.2, 0.25) is 5.91 Å². The van der Waals surface area contributed by atoms with Gasteiger partial charge in [-0.15, -0.1) is 11.3 Å². The van der Waals surface area contributed by atoms with E-state index in [0.717, 1.165) is 39.8 Å². The molecule has 2 aromatic carbocycles. The number of hydrogen-bond acceptors (Lipinski definition) is 5. The van der Waals surface area contributed by atoms with E-state index in [0.29, 0.717) is 17.2 Å². The molecule has 2 amide bonds. The van der Waals surface area contributed by atoms with E-state index in [1.54, 1.807) is 11.7 Å². The third kappa shape index (κ3) is 3.17. The average Bonchev–Trinajstić information content (AvgIpc) is 3.30. The molecule has 7 nitrogen and oxygen atoms in total. The van der Waals surface area contributed by atoms with Crippen LogP contribution in [0.1, 0.15) is 22.5 Å². The van der Waals surface area contributed by atoms with E-state index in [-0.39, 0.29) is 11.8 Å². The Morgan fingerprint density at radius 2 is 2.07 bits per heavy atom. The molecule has 3 heterocycles. The molecule has 0 aliphatic carbocycles. The minimum absolute atomic E-state index is 0.0478. The number of rotatable bonds is 3. The molecule has 0 saturated carbocycles. The van der Waals surface area contributed by atoms with Gasteiger partial charge >= 0.3 is 0 Å². The lowest BCUT2D eigenvalue weighted by atomic mass is 9.99. The maximum absolute atomic E-state index is 12.8. The van der Waals surface area contributed by atoms with Crippen LogP contribution in [0.2, 0.25) is 0 Å². The molecular formula is C21H17N5O2S. The number of fused-ring (bicyclic) bond motifs is 2. The predicted octanol–water partition coefficient (Wildman–Crippen LogP) is 3.83. The van der Waals surface area contributed by atoms with Gasteiger partial charge in [-0.3, -0.25) is 19.6 Å². The maximum atomic E-state index is 12.8. The van der Waals surface area contributed by atoms with Gasteiger partial charge in [0.15, 0.2) is 5.13 Å². The molecule has 5 rings (SSSR count). The van der Waals surface area contributed by atoms with Crippen LogP contribution in [0.5, 0.6) is 0 Å². The first kappa shape index (κ1) is 17.6. The Balaban J connectivity index is 1.40. The lowest BCUT2D eigenvalue weighted by Crippen LogP contribution is -2.18. The van der Waals surface area contributed by atoms with E-state index < -0.39 is 0 Å². The average molecular weight is 403 g/mol. The fraction of sp³-hybridized carbons (Fsp3) is 0.143. The summed E-state index contributed by atoms with van der Waals surface area (Å²) in [4.78, 5) is 28.9. The van der Waals surface area contributed by atoms with Crippen molar-refractivity contribution < 1.29 is 9.59 Å². The van der Waals surface area contributed by atoms with Crippen LogP contribution in [-0.2, 0) is 18.3 Å². The first-order chi connectivity index (χ1) is 14.1. The molecular weight excluding hydrogens is 386 g/mol. The molecule has 2 aromatic heterocycles. The van der Waals surface area contributed by atoms with Crippen LogP contribution >= 0.6 is 11.3 Å². The first-order valence-electron chi connectivity index (χ1n) is 9.20. The molecule has 4 aromatic rings. The van der Waals surface area contributed by atoms with Crippen LogP contribution in [0.4, 0.5) is 10.8 Å². The zero-order valence-electron chi connectivity index (χ0n) is 15.6. The SMILES string of the molecule is Cn1nc2ccccc2c1C(=O)Nc1nc(-c2ccc3c(c2)CCC(=O)N3)cs1. The summed E-state index contributed by atoms with van der Waals surface area (Å²) in [6.07, 6.45) is 1.21. The molecule has 1 aliphatic rings. The second kappa shape index (κ2) is 6.82. The quantitative estimate of drug-likeness (QED) is 0.544. The van der Waals surface area contributed by atoms with Crippen molar-refractivity contribution in [1.29, 1.82) is 0 Å². The van der Waals surface area contributed by atoms with Gasteiger partial charge in [0.05, 0.1) is 11.2 Å². The third-order valence-electron chi connectivity index (χ3n) is 4.98.